The molecular weight excluding hydrogens is 302 g/mol. The first-order chi connectivity index (χ1) is 9.03. The molecule has 0 radical (unpaired) electrons. The van der Waals surface area contributed by atoms with Gasteiger partial charge in [0.15, 0.2) is 8.68 Å². The molecule has 2 N–H and O–H groups in total. The predicted molar refractivity (Wildman–Crippen MR) is 79.2 cm³/mol. The third-order valence-electron chi connectivity index (χ3n) is 2.96. The third-order valence-corrected chi connectivity index (χ3v) is 6.00. The Balaban J connectivity index is 1.82. The Hall–Kier alpha value is -0.310. The van der Waals surface area contributed by atoms with Gasteiger partial charge in [0.2, 0.25) is 0 Å². The summed E-state index contributed by atoms with van der Waals surface area (Å²) in [6, 6.07) is 0.385. The van der Waals surface area contributed by atoms with Crippen LogP contribution in [-0.4, -0.2) is 44.9 Å². The Bertz CT molecular complexity index is 450. The lowest BCUT2D eigenvalue weighted by molar-refractivity contribution is -0.144. The molecule has 1 aromatic rings. The number of rotatable bonds is 8. The summed E-state index contributed by atoms with van der Waals surface area (Å²) in [5.41, 5.74) is -0.832. The van der Waals surface area contributed by atoms with Crippen LogP contribution in [0.4, 0.5) is 0 Å². The van der Waals surface area contributed by atoms with Crippen LogP contribution >= 0.6 is 34.9 Å². The topological polar surface area (TPSA) is 75.1 Å². The molecule has 1 unspecified atom stereocenters. The molecule has 0 spiro atoms. The SMILES string of the molecule is CSc1nnc(SCCC(C)(NC2CC2)C(=O)O)s1. The van der Waals surface area contributed by atoms with E-state index in [1.165, 1.54) is 0 Å². The van der Waals surface area contributed by atoms with Crippen molar-refractivity contribution in [3.05, 3.63) is 0 Å². The number of nitrogens with zero attached hydrogens (tertiary/aromatic N) is 2. The van der Waals surface area contributed by atoms with E-state index in [0.29, 0.717) is 12.5 Å². The average Bonchev–Trinajstić information content (AvgIpc) is 3.05. The normalized spacial score (nSPS) is 18.2. The highest BCUT2D eigenvalue weighted by Gasteiger charge is 2.38. The van der Waals surface area contributed by atoms with Crippen LogP contribution in [0.25, 0.3) is 0 Å². The molecule has 0 aromatic carbocycles. The Kier molecular flexibility index (Phi) is 5.10. The van der Waals surface area contributed by atoms with Gasteiger partial charge in [0.1, 0.15) is 5.54 Å². The van der Waals surface area contributed by atoms with E-state index in [-0.39, 0.29) is 0 Å². The van der Waals surface area contributed by atoms with E-state index in [1.807, 2.05) is 6.26 Å². The van der Waals surface area contributed by atoms with Crippen LogP contribution in [0.15, 0.2) is 8.68 Å². The number of hydrogen-bond acceptors (Lipinski definition) is 7. The molecule has 1 atom stereocenters. The summed E-state index contributed by atoms with van der Waals surface area (Å²) < 4.78 is 1.85. The summed E-state index contributed by atoms with van der Waals surface area (Å²) in [6.07, 6.45) is 4.72. The van der Waals surface area contributed by atoms with E-state index < -0.39 is 11.5 Å². The maximum absolute atomic E-state index is 11.4. The molecule has 8 heteroatoms. The van der Waals surface area contributed by atoms with Gasteiger partial charge in [-0.15, -0.1) is 10.2 Å². The zero-order valence-corrected chi connectivity index (χ0v) is 13.3. The molecule has 1 aromatic heterocycles. The molecule has 0 amide bonds. The van der Waals surface area contributed by atoms with Gasteiger partial charge in [0.05, 0.1) is 0 Å². The Morgan fingerprint density at radius 1 is 1.53 bits per heavy atom. The number of thioether (sulfide) groups is 2. The smallest absolute Gasteiger partial charge is 0.323 e. The molecule has 0 saturated heterocycles. The van der Waals surface area contributed by atoms with E-state index in [4.69, 9.17) is 0 Å². The van der Waals surface area contributed by atoms with Crippen LogP contribution < -0.4 is 5.32 Å². The highest BCUT2D eigenvalue weighted by Crippen LogP contribution is 2.30. The maximum atomic E-state index is 11.4. The summed E-state index contributed by atoms with van der Waals surface area (Å²) in [5, 5.41) is 20.7. The fourth-order valence-corrected chi connectivity index (χ4v) is 4.27. The van der Waals surface area contributed by atoms with Gasteiger partial charge in [-0.1, -0.05) is 34.9 Å². The van der Waals surface area contributed by atoms with E-state index in [9.17, 15) is 9.90 Å². The van der Waals surface area contributed by atoms with Crippen molar-refractivity contribution in [2.45, 2.75) is 46.4 Å². The summed E-state index contributed by atoms with van der Waals surface area (Å²) in [6.45, 7) is 1.77. The molecule has 1 fully saturated rings. The van der Waals surface area contributed by atoms with Crippen molar-refractivity contribution in [3.63, 3.8) is 0 Å². The lowest BCUT2D eigenvalue weighted by Crippen LogP contribution is -2.50. The second kappa shape index (κ2) is 6.43. The summed E-state index contributed by atoms with van der Waals surface area (Å²) in [4.78, 5) is 11.4. The van der Waals surface area contributed by atoms with Gasteiger partial charge < -0.3 is 5.11 Å². The van der Waals surface area contributed by atoms with E-state index in [2.05, 4.69) is 15.5 Å². The van der Waals surface area contributed by atoms with Crippen molar-refractivity contribution in [1.82, 2.24) is 15.5 Å². The molecule has 1 heterocycles. The molecule has 106 valence electrons. The minimum atomic E-state index is -0.832. The van der Waals surface area contributed by atoms with Crippen LogP contribution in [0.5, 0.6) is 0 Å². The quantitative estimate of drug-likeness (QED) is 0.712. The van der Waals surface area contributed by atoms with Crippen molar-refractivity contribution in [1.29, 1.82) is 0 Å². The van der Waals surface area contributed by atoms with Gasteiger partial charge in [0, 0.05) is 11.8 Å². The van der Waals surface area contributed by atoms with E-state index >= 15 is 0 Å². The molecule has 2 rings (SSSR count). The lowest BCUT2D eigenvalue weighted by atomic mass is 9.99. The van der Waals surface area contributed by atoms with Gasteiger partial charge in [-0.05, 0) is 32.4 Å². The van der Waals surface area contributed by atoms with Crippen molar-refractivity contribution >= 4 is 40.8 Å². The average molecular weight is 319 g/mol. The molecule has 0 aliphatic heterocycles. The van der Waals surface area contributed by atoms with Gasteiger partial charge in [-0.3, -0.25) is 10.1 Å². The lowest BCUT2D eigenvalue weighted by Gasteiger charge is -2.26. The van der Waals surface area contributed by atoms with Crippen LogP contribution in [0.1, 0.15) is 26.2 Å². The van der Waals surface area contributed by atoms with Crippen molar-refractivity contribution in [2.24, 2.45) is 0 Å². The molecular formula is C11H17N3O2S3. The number of nitrogens with one attached hydrogen (secondary N) is 1. The molecule has 0 bridgehead atoms. The first-order valence-corrected chi connectivity index (χ1v) is 9.07. The molecule has 19 heavy (non-hydrogen) atoms. The number of aliphatic carboxylic acids is 1. The van der Waals surface area contributed by atoms with Gasteiger partial charge >= 0.3 is 5.97 Å². The number of hydrogen-bond donors (Lipinski definition) is 2. The van der Waals surface area contributed by atoms with Crippen LogP contribution in [0.2, 0.25) is 0 Å². The molecule has 5 nitrogen and oxygen atoms in total. The fourth-order valence-electron chi connectivity index (χ4n) is 1.60. The molecule has 1 aliphatic rings. The van der Waals surface area contributed by atoms with Crippen molar-refractivity contribution in [3.8, 4) is 0 Å². The van der Waals surface area contributed by atoms with Crippen molar-refractivity contribution in [2.75, 3.05) is 12.0 Å². The summed E-state index contributed by atoms with van der Waals surface area (Å²) in [5.74, 6) is -0.0482. The Labute approximate surface area is 125 Å². The predicted octanol–water partition coefficient (Wildman–Crippen LogP) is 2.34. The number of aromatic nitrogens is 2. The van der Waals surface area contributed by atoms with Gasteiger partial charge in [-0.25, -0.2) is 0 Å². The second-order valence-corrected chi connectivity index (χ2v) is 8.07. The first-order valence-electron chi connectivity index (χ1n) is 6.05. The first kappa shape index (κ1) is 15.1. The summed E-state index contributed by atoms with van der Waals surface area (Å²) in [7, 11) is 0. The molecule has 1 aliphatic carbocycles. The van der Waals surface area contributed by atoms with Crippen molar-refractivity contribution < 1.29 is 9.90 Å². The van der Waals surface area contributed by atoms with E-state index in [0.717, 1.165) is 27.3 Å². The zero-order valence-electron chi connectivity index (χ0n) is 10.9. The van der Waals surface area contributed by atoms with Crippen LogP contribution in [0.3, 0.4) is 0 Å². The van der Waals surface area contributed by atoms with Crippen LogP contribution in [0, 0.1) is 0 Å². The molecule has 1 saturated carbocycles. The second-order valence-electron chi connectivity index (χ2n) is 4.69. The zero-order chi connectivity index (χ0) is 13.9. The minimum Gasteiger partial charge on any atom is -0.480 e. The monoisotopic (exact) mass is 319 g/mol. The van der Waals surface area contributed by atoms with E-state index in [1.54, 1.807) is 41.8 Å². The number of carboxylic acids is 1. The van der Waals surface area contributed by atoms with Crippen LogP contribution in [-0.2, 0) is 4.79 Å². The number of carboxylic acid groups (broad SMARTS) is 1. The minimum absolute atomic E-state index is 0.385. The Morgan fingerprint density at radius 2 is 2.21 bits per heavy atom. The number of carbonyl (C=O) groups is 1. The Morgan fingerprint density at radius 3 is 2.74 bits per heavy atom. The fraction of sp³-hybridized carbons (Fsp3) is 0.727. The standard InChI is InChI=1S/C11H17N3O2S3/c1-11(8(15)16,12-7-3-4-7)5-6-18-10-14-13-9(17-2)19-10/h7,12H,3-6H2,1-2H3,(H,15,16). The third kappa shape index (κ3) is 4.34. The van der Waals surface area contributed by atoms with Gasteiger partial charge in [-0.2, -0.15) is 0 Å². The highest BCUT2D eigenvalue weighted by atomic mass is 32.2. The highest BCUT2D eigenvalue weighted by molar-refractivity contribution is 8.02. The van der Waals surface area contributed by atoms with Gasteiger partial charge in [0.25, 0.3) is 0 Å². The largest absolute Gasteiger partial charge is 0.480 e. The maximum Gasteiger partial charge on any atom is 0.323 e. The summed E-state index contributed by atoms with van der Waals surface area (Å²) >= 11 is 4.71.